The van der Waals surface area contributed by atoms with Crippen molar-refractivity contribution in [1.82, 2.24) is 10.2 Å². The number of carbonyl (C=O) groups is 2. The summed E-state index contributed by atoms with van der Waals surface area (Å²) < 4.78 is 5.82. The van der Waals surface area contributed by atoms with Crippen molar-refractivity contribution in [3.63, 3.8) is 0 Å². The topological polar surface area (TPSA) is 58.6 Å². The number of likely N-dealkylation sites (tertiary alicyclic amines) is 1. The number of rotatable bonds is 3. The fourth-order valence-electron chi connectivity index (χ4n) is 4.03. The van der Waals surface area contributed by atoms with Crippen LogP contribution in [0.4, 0.5) is 0 Å². The van der Waals surface area contributed by atoms with Crippen LogP contribution in [0, 0.1) is 19.8 Å². The van der Waals surface area contributed by atoms with Crippen molar-refractivity contribution in [2.24, 2.45) is 5.92 Å². The van der Waals surface area contributed by atoms with Crippen molar-refractivity contribution in [2.45, 2.75) is 51.3 Å². The van der Waals surface area contributed by atoms with E-state index in [0.29, 0.717) is 24.8 Å². The number of ether oxygens (including phenoxy) is 1. The van der Waals surface area contributed by atoms with E-state index in [1.54, 1.807) is 0 Å². The van der Waals surface area contributed by atoms with Gasteiger partial charge in [0.1, 0.15) is 0 Å². The average Bonchev–Trinajstić information content (AvgIpc) is 3.08. The van der Waals surface area contributed by atoms with Gasteiger partial charge in [-0.1, -0.05) is 17.2 Å². The maximum Gasteiger partial charge on any atom is 0.254 e. The lowest BCUT2D eigenvalue weighted by Gasteiger charge is -2.23. The van der Waals surface area contributed by atoms with E-state index in [9.17, 15) is 9.59 Å². The molecule has 3 atom stereocenters. The van der Waals surface area contributed by atoms with E-state index in [1.807, 2.05) is 30.9 Å². The Hall–Kier alpha value is -1.88. The third-order valence-electron chi connectivity index (χ3n) is 5.28. The van der Waals surface area contributed by atoms with Crippen molar-refractivity contribution in [2.75, 3.05) is 13.2 Å². The van der Waals surface area contributed by atoms with Crippen LogP contribution in [-0.2, 0) is 9.53 Å². The molecule has 3 fully saturated rings. The van der Waals surface area contributed by atoms with Crippen LogP contribution in [0.25, 0.3) is 0 Å². The first kappa shape index (κ1) is 15.6. The minimum Gasteiger partial charge on any atom is -0.375 e. The Morgan fingerprint density at radius 1 is 1.12 bits per heavy atom. The second-order valence-electron chi connectivity index (χ2n) is 7.41. The van der Waals surface area contributed by atoms with Gasteiger partial charge in [-0.15, -0.1) is 0 Å². The first-order chi connectivity index (χ1) is 11.5. The van der Waals surface area contributed by atoms with Crippen LogP contribution in [-0.4, -0.2) is 48.1 Å². The van der Waals surface area contributed by atoms with Gasteiger partial charge >= 0.3 is 0 Å². The summed E-state index contributed by atoms with van der Waals surface area (Å²) in [7, 11) is 0. The molecule has 1 N–H and O–H groups in total. The molecule has 0 bridgehead atoms. The number of aryl methyl sites for hydroxylation is 2. The molecule has 0 aromatic heterocycles. The molecule has 1 aliphatic carbocycles. The van der Waals surface area contributed by atoms with Gasteiger partial charge in [0.2, 0.25) is 5.91 Å². The van der Waals surface area contributed by atoms with Crippen LogP contribution in [0.3, 0.4) is 0 Å². The molecule has 3 unspecified atom stereocenters. The number of hydrogen-bond donors (Lipinski definition) is 1. The van der Waals surface area contributed by atoms with Crippen LogP contribution in [0.15, 0.2) is 18.2 Å². The number of fused-ring (bicyclic) bond motifs is 1. The van der Waals surface area contributed by atoms with E-state index in [0.717, 1.165) is 30.4 Å². The molecule has 2 heterocycles. The third kappa shape index (κ3) is 2.81. The van der Waals surface area contributed by atoms with Crippen LogP contribution in [0.5, 0.6) is 0 Å². The largest absolute Gasteiger partial charge is 0.375 e. The summed E-state index contributed by atoms with van der Waals surface area (Å²) in [4.78, 5) is 27.4. The Morgan fingerprint density at radius 2 is 1.83 bits per heavy atom. The lowest BCUT2D eigenvalue weighted by atomic mass is 10.0. The highest BCUT2D eigenvalue weighted by molar-refractivity contribution is 5.96. The van der Waals surface area contributed by atoms with E-state index < -0.39 is 0 Å². The molecule has 5 nitrogen and oxygen atoms in total. The number of nitrogens with zero attached hydrogens (tertiary/aromatic N) is 1. The van der Waals surface area contributed by atoms with Gasteiger partial charge in [0.05, 0.1) is 18.1 Å². The molecule has 24 heavy (non-hydrogen) atoms. The normalized spacial score (nSPS) is 28.8. The summed E-state index contributed by atoms with van der Waals surface area (Å²) in [5, 5.41) is 3.07. The predicted molar refractivity (Wildman–Crippen MR) is 89.8 cm³/mol. The Balaban J connectivity index is 1.56. The van der Waals surface area contributed by atoms with E-state index in [4.69, 9.17) is 4.74 Å². The van der Waals surface area contributed by atoms with Gasteiger partial charge in [0.25, 0.3) is 5.91 Å². The monoisotopic (exact) mass is 328 g/mol. The number of hydrogen-bond acceptors (Lipinski definition) is 3. The standard InChI is InChI=1S/C19H24N2O3/c1-11-7-12(2)9-13(8-11)19(23)21-10-15(17-16(21)5-6-24-17)18(22)20-14-3-4-14/h7-9,14-17H,3-6,10H2,1-2H3,(H,20,22). The summed E-state index contributed by atoms with van der Waals surface area (Å²) in [5.74, 6) is -0.179. The van der Waals surface area contributed by atoms with Gasteiger partial charge in [0.15, 0.2) is 0 Å². The van der Waals surface area contributed by atoms with E-state index >= 15 is 0 Å². The Morgan fingerprint density at radius 3 is 2.50 bits per heavy atom. The van der Waals surface area contributed by atoms with Crippen molar-refractivity contribution < 1.29 is 14.3 Å². The zero-order valence-corrected chi connectivity index (χ0v) is 14.2. The second-order valence-corrected chi connectivity index (χ2v) is 7.41. The average molecular weight is 328 g/mol. The predicted octanol–water partition coefficient (Wildman–Crippen LogP) is 1.81. The maximum absolute atomic E-state index is 13.0. The third-order valence-corrected chi connectivity index (χ3v) is 5.28. The van der Waals surface area contributed by atoms with Crippen LogP contribution in [0.2, 0.25) is 0 Å². The van der Waals surface area contributed by atoms with Gasteiger partial charge in [-0.2, -0.15) is 0 Å². The molecule has 2 aliphatic heterocycles. The fourth-order valence-corrected chi connectivity index (χ4v) is 4.03. The number of carbonyl (C=O) groups excluding carboxylic acids is 2. The SMILES string of the molecule is Cc1cc(C)cc(C(=O)N2CC(C(=O)NC3CC3)C3OCCC32)c1. The van der Waals surface area contributed by atoms with Crippen molar-refractivity contribution in [3.8, 4) is 0 Å². The van der Waals surface area contributed by atoms with Crippen molar-refractivity contribution >= 4 is 11.8 Å². The zero-order chi connectivity index (χ0) is 16.8. The van der Waals surface area contributed by atoms with Gasteiger partial charge in [-0.3, -0.25) is 9.59 Å². The Bertz CT molecular complexity index is 663. The van der Waals surface area contributed by atoms with E-state index in [2.05, 4.69) is 11.4 Å². The summed E-state index contributed by atoms with van der Waals surface area (Å²) in [5.41, 5.74) is 2.88. The van der Waals surface area contributed by atoms with E-state index in [1.165, 1.54) is 0 Å². The summed E-state index contributed by atoms with van der Waals surface area (Å²) in [6.45, 7) is 5.08. The van der Waals surface area contributed by atoms with Crippen LogP contribution in [0.1, 0.15) is 40.7 Å². The molecule has 2 saturated heterocycles. The number of benzene rings is 1. The highest BCUT2D eigenvalue weighted by Gasteiger charge is 2.51. The van der Waals surface area contributed by atoms with Gasteiger partial charge < -0.3 is 15.0 Å². The smallest absolute Gasteiger partial charge is 0.254 e. The Labute approximate surface area is 142 Å². The summed E-state index contributed by atoms with van der Waals surface area (Å²) in [6.07, 6.45) is 2.80. The molecule has 1 saturated carbocycles. The van der Waals surface area contributed by atoms with Crippen LogP contribution < -0.4 is 5.32 Å². The molecule has 1 aromatic rings. The fraction of sp³-hybridized carbons (Fsp3) is 0.579. The minimum atomic E-state index is -0.243. The number of nitrogens with one attached hydrogen (secondary N) is 1. The summed E-state index contributed by atoms with van der Waals surface area (Å²) in [6, 6.07) is 6.28. The highest BCUT2D eigenvalue weighted by atomic mass is 16.5. The van der Waals surface area contributed by atoms with E-state index in [-0.39, 0.29) is 29.9 Å². The number of amides is 2. The second kappa shape index (κ2) is 5.88. The zero-order valence-electron chi connectivity index (χ0n) is 14.2. The quantitative estimate of drug-likeness (QED) is 0.921. The van der Waals surface area contributed by atoms with Gasteiger partial charge in [0, 0.05) is 24.8 Å². The van der Waals surface area contributed by atoms with Crippen LogP contribution >= 0.6 is 0 Å². The van der Waals surface area contributed by atoms with Gasteiger partial charge in [-0.25, -0.2) is 0 Å². The maximum atomic E-state index is 13.0. The molecular weight excluding hydrogens is 304 g/mol. The van der Waals surface area contributed by atoms with Crippen molar-refractivity contribution in [1.29, 1.82) is 0 Å². The lowest BCUT2D eigenvalue weighted by molar-refractivity contribution is -0.127. The van der Waals surface area contributed by atoms with Gasteiger partial charge in [-0.05, 0) is 45.2 Å². The Kier molecular flexibility index (Phi) is 3.83. The molecule has 0 radical (unpaired) electrons. The first-order valence-electron chi connectivity index (χ1n) is 8.84. The molecule has 0 spiro atoms. The summed E-state index contributed by atoms with van der Waals surface area (Å²) >= 11 is 0. The lowest BCUT2D eigenvalue weighted by Crippen LogP contribution is -2.39. The highest BCUT2D eigenvalue weighted by Crippen LogP contribution is 2.35. The molecule has 128 valence electrons. The first-order valence-corrected chi connectivity index (χ1v) is 8.84. The minimum absolute atomic E-state index is 0.0176. The van der Waals surface area contributed by atoms with Crippen molar-refractivity contribution in [3.05, 3.63) is 34.9 Å². The molecule has 1 aromatic carbocycles. The molecule has 2 amide bonds. The molecular formula is C19H24N2O3. The molecule has 4 rings (SSSR count). The molecule has 3 aliphatic rings. The molecule has 5 heteroatoms.